The molecule has 18 heavy (non-hydrogen) atoms. The monoisotopic (exact) mass is 275 g/mol. The Balaban J connectivity index is 2.17. The molecule has 0 aliphatic carbocycles. The average molecular weight is 276 g/mol. The van der Waals surface area contributed by atoms with E-state index in [4.69, 9.17) is 32.9 Å². The van der Waals surface area contributed by atoms with Crippen molar-refractivity contribution in [2.45, 2.75) is 24.1 Å². The third-order valence-corrected chi connectivity index (χ3v) is 3.02. The molecule has 1 fully saturated rings. The number of alkyl halides is 1. The number of nitrogens with one attached hydrogen (secondary N) is 2. The lowest BCUT2D eigenvalue weighted by Crippen LogP contribution is -2.30. The van der Waals surface area contributed by atoms with Crippen molar-refractivity contribution in [2.24, 2.45) is 0 Å². The Morgan fingerprint density at radius 3 is 2.94 bits per heavy atom. The molecule has 1 aliphatic rings. The zero-order valence-corrected chi connectivity index (χ0v) is 10.1. The van der Waals surface area contributed by atoms with Crippen LogP contribution in [0.3, 0.4) is 0 Å². The number of nitrogens with zero attached hydrogens (tertiary/aromatic N) is 1. The third kappa shape index (κ3) is 2.50. The topological polar surface area (TPSA) is 139 Å². The summed E-state index contributed by atoms with van der Waals surface area (Å²) in [6.07, 6.45) is -0.431. The van der Waals surface area contributed by atoms with E-state index in [1.807, 2.05) is 0 Å². The molecule has 9 heteroatoms. The van der Waals surface area contributed by atoms with E-state index in [1.165, 1.54) is 0 Å². The van der Waals surface area contributed by atoms with E-state index in [1.54, 1.807) is 0 Å². The molecule has 1 saturated heterocycles. The van der Waals surface area contributed by atoms with Gasteiger partial charge in [-0.2, -0.15) is 4.98 Å². The highest BCUT2D eigenvalue weighted by Gasteiger charge is 2.34. The summed E-state index contributed by atoms with van der Waals surface area (Å²) < 4.78 is 5.42. The van der Waals surface area contributed by atoms with Crippen LogP contribution in [-0.2, 0) is 4.74 Å². The number of aromatic amines is 1. The highest BCUT2D eigenvalue weighted by molar-refractivity contribution is 6.21. The second-order valence-electron chi connectivity index (χ2n) is 3.97. The summed E-state index contributed by atoms with van der Waals surface area (Å²) >= 11 is 6.05. The van der Waals surface area contributed by atoms with E-state index in [-0.39, 0.29) is 35.5 Å². The van der Waals surface area contributed by atoms with E-state index in [0.717, 1.165) is 0 Å². The van der Waals surface area contributed by atoms with Gasteiger partial charge in [0.2, 0.25) is 5.95 Å². The number of aliphatic hydroxyl groups excluding tert-OH is 1. The van der Waals surface area contributed by atoms with Gasteiger partial charge in [0.1, 0.15) is 11.9 Å². The summed E-state index contributed by atoms with van der Waals surface area (Å²) in [5, 5.41) is 11.4. The van der Waals surface area contributed by atoms with Crippen molar-refractivity contribution in [3.05, 3.63) is 10.4 Å². The first kappa shape index (κ1) is 12.9. The van der Waals surface area contributed by atoms with Crippen molar-refractivity contribution in [2.75, 3.05) is 23.4 Å². The van der Waals surface area contributed by atoms with Gasteiger partial charge in [-0.15, -0.1) is 11.6 Å². The van der Waals surface area contributed by atoms with Crippen LogP contribution < -0.4 is 22.3 Å². The molecular weight excluding hydrogens is 262 g/mol. The average Bonchev–Trinajstić information content (AvgIpc) is 2.66. The van der Waals surface area contributed by atoms with Crippen molar-refractivity contribution in [1.82, 2.24) is 9.97 Å². The fraction of sp³-hybridized carbons (Fsp3) is 0.556. The molecule has 0 saturated carbocycles. The van der Waals surface area contributed by atoms with Crippen molar-refractivity contribution < 1.29 is 9.84 Å². The molecule has 2 rings (SSSR count). The summed E-state index contributed by atoms with van der Waals surface area (Å²) in [7, 11) is 0. The molecule has 2 heterocycles. The first-order valence-corrected chi connectivity index (χ1v) is 5.77. The number of aliphatic hydroxyl groups is 1. The van der Waals surface area contributed by atoms with E-state index in [9.17, 15) is 4.79 Å². The number of hydrogen-bond donors (Lipinski definition) is 5. The van der Waals surface area contributed by atoms with E-state index < -0.39 is 11.8 Å². The van der Waals surface area contributed by atoms with Crippen LogP contribution in [0.1, 0.15) is 6.42 Å². The minimum Gasteiger partial charge on any atom is -0.394 e. The standard InChI is InChI=1S/C9H14ClN5O3/c10-4-1-3(2-16)18-8(4)13-6-5(11)7(17)15-9(12)14-6/h3-4,8,16H,1-2,11H2,(H4,12,13,14,15,17). The lowest BCUT2D eigenvalue weighted by atomic mass is 10.2. The van der Waals surface area contributed by atoms with Gasteiger partial charge in [-0.1, -0.05) is 0 Å². The summed E-state index contributed by atoms with van der Waals surface area (Å²) in [4.78, 5) is 17.5. The quantitative estimate of drug-likeness (QED) is 0.449. The zero-order chi connectivity index (χ0) is 13.3. The molecule has 0 spiro atoms. The molecule has 0 bridgehead atoms. The Kier molecular flexibility index (Phi) is 3.60. The highest BCUT2D eigenvalue weighted by atomic mass is 35.5. The smallest absolute Gasteiger partial charge is 0.277 e. The maximum absolute atomic E-state index is 11.4. The molecule has 1 aromatic heterocycles. The molecule has 3 atom stereocenters. The number of nitrogen functional groups attached to an aromatic ring is 2. The van der Waals surface area contributed by atoms with E-state index in [2.05, 4.69) is 15.3 Å². The van der Waals surface area contributed by atoms with Gasteiger partial charge in [0.05, 0.1) is 18.1 Å². The Labute approximate surface area is 107 Å². The molecular formula is C9H14ClN5O3. The van der Waals surface area contributed by atoms with Crippen molar-refractivity contribution >= 4 is 29.1 Å². The van der Waals surface area contributed by atoms with Gasteiger partial charge in [-0.25, -0.2) is 0 Å². The number of anilines is 3. The fourth-order valence-electron chi connectivity index (χ4n) is 1.71. The minimum absolute atomic E-state index is 0.0560. The first-order chi connectivity index (χ1) is 8.51. The van der Waals surface area contributed by atoms with Crippen LogP contribution in [0, 0.1) is 0 Å². The second-order valence-corrected chi connectivity index (χ2v) is 4.53. The van der Waals surface area contributed by atoms with Crippen LogP contribution in [0.25, 0.3) is 0 Å². The van der Waals surface area contributed by atoms with Crippen molar-refractivity contribution in [1.29, 1.82) is 0 Å². The number of aromatic nitrogens is 2. The largest absolute Gasteiger partial charge is 0.394 e. The SMILES string of the molecule is Nc1nc(NC2OC(CO)CC2Cl)c(N)c(=O)[nH]1. The van der Waals surface area contributed by atoms with Gasteiger partial charge >= 0.3 is 0 Å². The number of ether oxygens (including phenoxy) is 1. The van der Waals surface area contributed by atoms with Crippen molar-refractivity contribution in [3.63, 3.8) is 0 Å². The zero-order valence-electron chi connectivity index (χ0n) is 9.39. The van der Waals surface area contributed by atoms with Gasteiger partial charge in [0.25, 0.3) is 5.56 Å². The Morgan fingerprint density at radius 2 is 2.33 bits per heavy atom. The predicted molar refractivity (Wildman–Crippen MR) is 67.3 cm³/mol. The maximum atomic E-state index is 11.4. The lowest BCUT2D eigenvalue weighted by Gasteiger charge is -2.17. The second kappa shape index (κ2) is 5.01. The molecule has 1 aliphatic heterocycles. The number of rotatable bonds is 3. The first-order valence-electron chi connectivity index (χ1n) is 5.33. The molecule has 0 amide bonds. The molecule has 8 nitrogen and oxygen atoms in total. The summed E-state index contributed by atoms with van der Waals surface area (Å²) in [6.45, 7) is -0.123. The highest BCUT2D eigenvalue weighted by Crippen LogP contribution is 2.26. The van der Waals surface area contributed by atoms with Gasteiger partial charge < -0.3 is 26.6 Å². The normalized spacial score (nSPS) is 27.3. The van der Waals surface area contributed by atoms with Crippen LogP contribution in [-0.4, -0.2) is 39.4 Å². The number of hydrogen-bond acceptors (Lipinski definition) is 7. The number of halogens is 1. The van der Waals surface area contributed by atoms with Crippen LogP contribution in [0.15, 0.2) is 4.79 Å². The lowest BCUT2D eigenvalue weighted by molar-refractivity contribution is 0.0238. The van der Waals surface area contributed by atoms with Gasteiger partial charge in [0, 0.05) is 0 Å². The maximum Gasteiger partial charge on any atom is 0.277 e. The van der Waals surface area contributed by atoms with Crippen molar-refractivity contribution in [3.8, 4) is 0 Å². The third-order valence-electron chi connectivity index (χ3n) is 2.61. The molecule has 100 valence electrons. The number of nitrogens with two attached hydrogens (primary N) is 2. The van der Waals surface area contributed by atoms with Crippen LogP contribution >= 0.6 is 11.6 Å². The van der Waals surface area contributed by atoms with Crippen LogP contribution in [0.5, 0.6) is 0 Å². The summed E-state index contributed by atoms with van der Waals surface area (Å²) in [6, 6.07) is 0. The number of H-pyrrole nitrogens is 1. The van der Waals surface area contributed by atoms with Gasteiger partial charge in [-0.3, -0.25) is 9.78 Å². The van der Waals surface area contributed by atoms with E-state index >= 15 is 0 Å². The predicted octanol–water partition coefficient (Wildman–Crippen LogP) is -0.939. The fourth-order valence-corrected chi connectivity index (χ4v) is 2.03. The summed E-state index contributed by atoms with van der Waals surface area (Å²) in [5.41, 5.74) is 10.4. The van der Waals surface area contributed by atoms with Crippen LogP contribution in [0.4, 0.5) is 17.5 Å². The Bertz CT molecular complexity index is 494. The molecule has 3 unspecified atom stereocenters. The minimum atomic E-state index is -0.584. The molecule has 7 N–H and O–H groups in total. The van der Waals surface area contributed by atoms with Gasteiger partial charge in [0.15, 0.2) is 5.82 Å². The Morgan fingerprint density at radius 1 is 1.61 bits per heavy atom. The van der Waals surface area contributed by atoms with Gasteiger partial charge in [-0.05, 0) is 6.42 Å². The summed E-state index contributed by atoms with van der Waals surface area (Å²) in [5.74, 6) is 0.0602. The Hall–Kier alpha value is -1.51. The molecule has 1 aromatic rings. The molecule has 0 aromatic carbocycles. The van der Waals surface area contributed by atoms with E-state index in [0.29, 0.717) is 6.42 Å². The van der Waals surface area contributed by atoms with Crippen LogP contribution in [0.2, 0.25) is 0 Å². The molecule has 0 radical (unpaired) electrons.